The minimum atomic E-state index is -0.282. The van der Waals surface area contributed by atoms with E-state index >= 15 is 0 Å². The van der Waals surface area contributed by atoms with E-state index in [0.717, 1.165) is 25.1 Å². The lowest BCUT2D eigenvalue weighted by Crippen LogP contribution is -2.46. The van der Waals surface area contributed by atoms with Gasteiger partial charge in [-0.1, -0.05) is 6.07 Å². The smallest absolute Gasteiger partial charge is 0.165 e. The molecule has 0 amide bonds. The average Bonchev–Trinajstić information content (AvgIpc) is 2.38. The number of likely N-dealkylation sites (N-methyl/N-ethyl adjacent to an activating group) is 1. The number of halogens is 1. The molecule has 19 heavy (non-hydrogen) atoms. The lowest BCUT2D eigenvalue weighted by atomic mass is 10.1. The van der Waals surface area contributed by atoms with Crippen molar-refractivity contribution < 1.29 is 9.13 Å². The maximum atomic E-state index is 13.6. The van der Waals surface area contributed by atoms with Gasteiger partial charge >= 0.3 is 0 Å². The highest BCUT2D eigenvalue weighted by molar-refractivity contribution is 5.29. The third-order valence-electron chi connectivity index (χ3n) is 3.13. The van der Waals surface area contributed by atoms with Crippen LogP contribution in [0.3, 0.4) is 0 Å². The maximum absolute atomic E-state index is 13.6. The van der Waals surface area contributed by atoms with Crippen LogP contribution in [-0.2, 0) is 6.42 Å². The van der Waals surface area contributed by atoms with Gasteiger partial charge in [0.25, 0.3) is 0 Å². The highest BCUT2D eigenvalue weighted by atomic mass is 19.1. The Balaban J connectivity index is 2.40. The number of ether oxygens (including phenoxy) is 1. The van der Waals surface area contributed by atoms with Crippen LogP contribution in [0.4, 0.5) is 4.39 Å². The second-order valence-electron chi connectivity index (χ2n) is 5.26. The molecule has 0 radical (unpaired) electrons. The summed E-state index contributed by atoms with van der Waals surface area (Å²) >= 11 is 0. The molecule has 0 fully saturated rings. The molecule has 4 heteroatoms. The standard InChI is InChI=1S/C15H25FN2O/c1-5-19-14-7-6-12(10-13(14)16)8-9-18-11-15(2,3)17-4/h6-7,10,17-18H,5,8-9,11H2,1-4H3. The lowest BCUT2D eigenvalue weighted by Gasteiger charge is -2.24. The van der Waals surface area contributed by atoms with Crippen LogP contribution in [-0.4, -0.2) is 32.3 Å². The fraction of sp³-hybridized carbons (Fsp3) is 0.600. The topological polar surface area (TPSA) is 33.3 Å². The van der Waals surface area contributed by atoms with Crippen molar-refractivity contribution in [3.05, 3.63) is 29.6 Å². The quantitative estimate of drug-likeness (QED) is 0.710. The molecule has 0 saturated heterocycles. The zero-order valence-corrected chi connectivity index (χ0v) is 12.3. The van der Waals surface area contributed by atoms with Crippen LogP contribution in [0.2, 0.25) is 0 Å². The molecule has 3 nitrogen and oxygen atoms in total. The van der Waals surface area contributed by atoms with E-state index in [1.165, 1.54) is 0 Å². The van der Waals surface area contributed by atoms with Crippen molar-refractivity contribution >= 4 is 0 Å². The van der Waals surface area contributed by atoms with Crippen molar-refractivity contribution in [2.45, 2.75) is 32.7 Å². The number of nitrogens with one attached hydrogen (secondary N) is 2. The van der Waals surface area contributed by atoms with Gasteiger partial charge in [0.15, 0.2) is 11.6 Å². The van der Waals surface area contributed by atoms with Gasteiger partial charge in [-0.05, 0) is 58.5 Å². The molecule has 108 valence electrons. The summed E-state index contributed by atoms with van der Waals surface area (Å²) in [4.78, 5) is 0. The molecular formula is C15H25FN2O. The Kier molecular flexibility index (Phi) is 6.25. The second-order valence-corrected chi connectivity index (χ2v) is 5.26. The van der Waals surface area contributed by atoms with Gasteiger partial charge in [0.1, 0.15) is 0 Å². The summed E-state index contributed by atoms with van der Waals surface area (Å²) in [6.07, 6.45) is 0.809. The fourth-order valence-electron chi connectivity index (χ4n) is 1.69. The van der Waals surface area contributed by atoms with Crippen LogP contribution in [0.5, 0.6) is 5.75 Å². The Hall–Kier alpha value is -1.13. The van der Waals surface area contributed by atoms with Crippen LogP contribution in [0.15, 0.2) is 18.2 Å². The van der Waals surface area contributed by atoms with Crippen molar-refractivity contribution in [1.82, 2.24) is 10.6 Å². The molecular weight excluding hydrogens is 243 g/mol. The van der Waals surface area contributed by atoms with E-state index in [9.17, 15) is 4.39 Å². The van der Waals surface area contributed by atoms with Gasteiger partial charge in [-0.15, -0.1) is 0 Å². The largest absolute Gasteiger partial charge is 0.491 e. The predicted octanol–water partition coefficient (Wildman–Crippen LogP) is 2.35. The predicted molar refractivity (Wildman–Crippen MR) is 77.3 cm³/mol. The summed E-state index contributed by atoms with van der Waals surface area (Å²) in [5, 5.41) is 6.60. The van der Waals surface area contributed by atoms with E-state index < -0.39 is 0 Å². The highest BCUT2D eigenvalue weighted by Crippen LogP contribution is 2.18. The van der Waals surface area contributed by atoms with E-state index in [-0.39, 0.29) is 11.4 Å². The molecule has 1 rings (SSSR count). The van der Waals surface area contributed by atoms with E-state index in [4.69, 9.17) is 4.74 Å². The maximum Gasteiger partial charge on any atom is 0.165 e. The first-order valence-corrected chi connectivity index (χ1v) is 6.79. The van der Waals surface area contributed by atoms with Gasteiger partial charge in [0, 0.05) is 12.1 Å². The Labute approximate surface area is 115 Å². The van der Waals surface area contributed by atoms with Crippen molar-refractivity contribution in [2.75, 3.05) is 26.7 Å². The van der Waals surface area contributed by atoms with Gasteiger partial charge in [-0.3, -0.25) is 0 Å². The zero-order chi connectivity index (χ0) is 14.3. The fourth-order valence-corrected chi connectivity index (χ4v) is 1.69. The zero-order valence-electron chi connectivity index (χ0n) is 12.3. The highest BCUT2D eigenvalue weighted by Gasteiger charge is 2.13. The third-order valence-corrected chi connectivity index (χ3v) is 3.13. The molecule has 0 spiro atoms. The first kappa shape index (κ1) is 15.9. The van der Waals surface area contributed by atoms with Crippen molar-refractivity contribution in [1.29, 1.82) is 0 Å². The number of hydrogen-bond acceptors (Lipinski definition) is 3. The summed E-state index contributed by atoms with van der Waals surface area (Å²) in [5.74, 6) is 0.0467. The molecule has 1 aromatic rings. The van der Waals surface area contributed by atoms with Crippen LogP contribution < -0.4 is 15.4 Å². The molecule has 0 aliphatic carbocycles. The summed E-state index contributed by atoms with van der Waals surface area (Å²) in [6.45, 7) is 8.31. The molecule has 0 saturated carbocycles. The first-order valence-electron chi connectivity index (χ1n) is 6.79. The van der Waals surface area contributed by atoms with Gasteiger partial charge in [0.05, 0.1) is 6.61 Å². The average molecular weight is 268 g/mol. The minimum absolute atomic E-state index is 0.0735. The first-order chi connectivity index (χ1) is 8.98. The van der Waals surface area contributed by atoms with Gasteiger partial charge in [-0.25, -0.2) is 4.39 Å². The minimum Gasteiger partial charge on any atom is -0.491 e. The molecule has 2 N–H and O–H groups in total. The summed E-state index contributed by atoms with van der Waals surface area (Å²) in [7, 11) is 1.95. The van der Waals surface area contributed by atoms with Gasteiger partial charge in [-0.2, -0.15) is 0 Å². The molecule has 0 atom stereocenters. The molecule has 0 aliphatic rings. The normalized spacial score (nSPS) is 11.6. The van der Waals surface area contributed by atoms with Crippen LogP contribution in [0, 0.1) is 5.82 Å². The molecule has 0 aliphatic heterocycles. The summed E-state index contributed by atoms with van der Waals surface area (Å²) in [5.41, 5.74) is 1.06. The molecule has 0 aromatic heterocycles. The van der Waals surface area contributed by atoms with Crippen molar-refractivity contribution in [3.8, 4) is 5.75 Å². The monoisotopic (exact) mass is 268 g/mol. The Morgan fingerprint density at radius 3 is 2.63 bits per heavy atom. The molecule has 0 heterocycles. The molecule has 0 unspecified atom stereocenters. The summed E-state index contributed by atoms with van der Waals surface area (Å²) < 4.78 is 18.8. The number of benzene rings is 1. The lowest BCUT2D eigenvalue weighted by molar-refractivity contribution is 0.321. The van der Waals surface area contributed by atoms with Crippen LogP contribution in [0.25, 0.3) is 0 Å². The van der Waals surface area contributed by atoms with Crippen LogP contribution >= 0.6 is 0 Å². The second kappa shape index (κ2) is 7.46. The van der Waals surface area contributed by atoms with Crippen molar-refractivity contribution in [2.24, 2.45) is 0 Å². The third kappa shape index (κ3) is 5.57. The van der Waals surface area contributed by atoms with Crippen molar-refractivity contribution in [3.63, 3.8) is 0 Å². The SMILES string of the molecule is CCOc1ccc(CCNCC(C)(C)NC)cc1F. The molecule has 1 aromatic carbocycles. The number of hydrogen-bond donors (Lipinski definition) is 2. The Morgan fingerprint density at radius 1 is 1.32 bits per heavy atom. The van der Waals surface area contributed by atoms with Gasteiger partial charge < -0.3 is 15.4 Å². The summed E-state index contributed by atoms with van der Waals surface area (Å²) in [6, 6.07) is 5.17. The van der Waals surface area contributed by atoms with Gasteiger partial charge in [0.2, 0.25) is 0 Å². The Bertz CT molecular complexity index is 394. The van der Waals surface area contributed by atoms with E-state index in [1.54, 1.807) is 12.1 Å². The van der Waals surface area contributed by atoms with E-state index in [0.29, 0.717) is 12.4 Å². The number of rotatable bonds is 8. The van der Waals surface area contributed by atoms with Crippen LogP contribution in [0.1, 0.15) is 26.3 Å². The van der Waals surface area contributed by atoms with E-state index in [1.807, 2.05) is 20.0 Å². The van der Waals surface area contributed by atoms with E-state index in [2.05, 4.69) is 24.5 Å². The Morgan fingerprint density at radius 2 is 2.05 bits per heavy atom. The molecule has 0 bridgehead atoms.